The third-order valence-electron chi connectivity index (χ3n) is 2.53. The van der Waals surface area contributed by atoms with Gasteiger partial charge in [0.1, 0.15) is 11.6 Å². The van der Waals surface area contributed by atoms with E-state index in [-0.39, 0.29) is 17.8 Å². The van der Waals surface area contributed by atoms with Gasteiger partial charge in [-0.2, -0.15) is 0 Å². The molecule has 1 aromatic carbocycles. The van der Waals surface area contributed by atoms with Gasteiger partial charge in [-0.05, 0) is 31.9 Å². The first-order valence-corrected chi connectivity index (χ1v) is 6.48. The summed E-state index contributed by atoms with van der Waals surface area (Å²) in [6.07, 6.45) is 1.76. The Hall–Kier alpha value is -1.62. The molecule has 4 nitrogen and oxygen atoms in total. The van der Waals surface area contributed by atoms with E-state index in [2.05, 4.69) is 5.32 Å². The Labute approximate surface area is 113 Å². The molecule has 1 aromatic rings. The number of hydrogen-bond acceptors (Lipinski definition) is 3. The topological polar surface area (TPSA) is 64.3 Å². The maximum absolute atomic E-state index is 12.9. The summed E-state index contributed by atoms with van der Waals surface area (Å²) in [5, 5.41) is 2.79. The molecular formula is C14H21FN2O2. The Morgan fingerprint density at radius 1 is 1.53 bits per heavy atom. The van der Waals surface area contributed by atoms with Gasteiger partial charge in [0, 0.05) is 25.1 Å². The molecule has 0 aromatic heterocycles. The predicted octanol–water partition coefficient (Wildman–Crippen LogP) is 1.84. The lowest BCUT2D eigenvalue weighted by molar-refractivity contribution is -0.121. The number of halogens is 1. The van der Waals surface area contributed by atoms with Gasteiger partial charge in [-0.25, -0.2) is 4.39 Å². The first-order valence-electron chi connectivity index (χ1n) is 6.48. The normalized spacial score (nSPS) is 11.9. The molecule has 19 heavy (non-hydrogen) atoms. The fraction of sp³-hybridized carbons (Fsp3) is 0.500. The van der Waals surface area contributed by atoms with Gasteiger partial charge >= 0.3 is 0 Å². The van der Waals surface area contributed by atoms with Crippen LogP contribution >= 0.6 is 0 Å². The number of nitrogens with one attached hydrogen (secondary N) is 1. The van der Waals surface area contributed by atoms with Crippen LogP contribution in [0.5, 0.6) is 5.75 Å². The van der Waals surface area contributed by atoms with Crippen molar-refractivity contribution in [3.8, 4) is 5.75 Å². The molecule has 1 amide bonds. The molecule has 0 saturated heterocycles. The minimum absolute atomic E-state index is 0.0107. The molecule has 0 bridgehead atoms. The first kappa shape index (κ1) is 15.4. The van der Waals surface area contributed by atoms with Gasteiger partial charge < -0.3 is 15.8 Å². The summed E-state index contributed by atoms with van der Waals surface area (Å²) in [6, 6.07) is 6.05. The van der Waals surface area contributed by atoms with Crippen LogP contribution in [0.1, 0.15) is 26.2 Å². The highest BCUT2D eigenvalue weighted by molar-refractivity contribution is 5.75. The molecule has 0 heterocycles. The van der Waals surface area contributed by atoms with Crippen LogP contribution in [0.15, 0.2) is 24.3 Å². The molecule has 1 atom stereocenters. The molecule has 0 saturated carbocycles. The average molecular weight is 268 g/mol. The lowest BCUT2D eigenvalue weighted by atomic mass is 10.2. The van der Waals surface area contributed by atoms with Crippen LogP contribution in [-0.4, -0.2) is 25.1 Å². The van der Waals surface area contributed by atoms with Crippen molar-refractivity contribution in [2.45, 2.75) is 32.2 Å². The molecule has 3 N–H and O–H groups in total. The second-order valence-electron chi connectivity index (χ2n) is 4.53. The number of carbonyl (C=O) groups excluding carboxylic acids is 1. The lowest BCUT2D eigenvalue weighted by Crippen LogP contribution is -2.28. The summed E-state index contributed by atoms with van der Waals surface area (Å²) in [7, 11) is 0. The van der Waals surface area contributed by atoms with Gasteiger partial charge in [-0.15, -0.1) is 0 Å². The number of hydrogen-bond donors (Lipinski definition) is 2. The zero-order chi connectivity index (χ0) is 14.1. The maximum Gasteiger partial charge on any atom is 0.220 e. The highest BCUT2D eigenvalue weighted by Gasteiger charge is 2.02. The molecule has 0 aliphatic heterocycles. The number of nitrogens with two attached hydrogens (primary N) is 1. The summed E-state index contributed by atoms with van der Waals surface area (Å²) >= 11 is 0. The van der Waals surface area contributed by atoms with E-state index in [1.54, 1.807) is 12.1 Å². The molecule has 0 fully saturated rings. The van der Waals surface area contributed by atoms with Crippen LogP contribution in [0.25, 0.3) is 0 Å². The monoisotopic (exact) mass is 268 g/mol. The van der Waals surface area contributed by atoms with E-state index in [0.29, 0.717) is 31.7 Å². The minimum Gasteiger partial charge on any atom is -0.493 e. The number of ether oxygens (including phenoxy) is 1. The SMILES string of the molecule is CC(N)CCNC(=O)CCCOc1cccc(F)c1. The molecular weight excluding hydrogens is 247 g/mol. The van der Waals surface area contributed by atoms with E-state index in [9.17, 15) is 9.18 Å². The largest absolute Gasteiger partial charge is 0.493 e. The van der Waals surface area contributed by atoms with Gasteiger partial charge in [0.2, 0.25) is 5.91 Å². The van der Waals surface area contributed by atoms with Crippen molar-refractivity contribution >= 4 is 5.91 Å². The maximum atomic E-state index is 12.9. The number of amides is 1. The summed E-state index contributed by atoms with van der Waals surface area (Å²) in [4.78, 5) is 11.4. The third kappa shape index (κ3) is 7.41. The van der Waals surface area contributed by atoms with E-state index in [4.69, 9.17) is 10.5 Å². The predicted molar refractivity (Wildman–Crippen MR) is 72.4 cm³/mol. The highest BCUT2D eigenvalue weighted by Crippen LogP contribution is 2.12. The van der Waals surface area contributed by atoms with Crippen LogP contribution in [0.3, 0.4) is 0 Å². The first-order chi connectivity index (χ1) is 9.08. The van der Waals surface area contributed by atoms with Gasteiger partial charge in [-0.1, -0.05) is 6.07 Å². The second-order valence-corrected chi connectivity index (χ2v) is 4.53. The molecule has 106 valence electrons. The molecule has 1 unspecified atom stereocenters. The summed E-state index contributed by atoms with van der Waals surface area (Å²) in [6.45, 7) is 2.89. The standard InChI is InChI=1S/C14H21FN2O2/c1-11(16)7-8-17-14(18)6-3-9-19-13-5-2-4-12(15)10-13/h2,4-5,10-11H,3,6-9,16H2,1H3,(H,17,18). The minimum atomic E-state index is -0.328. The molecule has 0 spiro atoms. The molecule has 0 aliphatic carbocycles. The zero-order valence-corrected chi connectivity index (χ0v) is 11.2. The van der Waals surface area contributed by atoms with Crippen molar-refractivity contribution < 1.29 is 13.9 Å². The quantitative estimate of drug-likeness (QED) is 0.707. The van der Waals surface area contributed by atoms with Gasteiger partial charge in [-0.3, -0.25) is 4.79 Å². The number of carbonyl (C=O) groups is 1. The van der Waals surface area contributed by atoms with Crippen molar-refractivity contribution in [1.29, 1.82) is 0 Å². The third-order valence-corrected chi connectivity index (χ3v) is 2.53. The molecule has 0 aliphatic rings. The van der Waals surface area contributed by atoms with E-state index in [0.717, 1.165) is 6.42 Å². The fourth-order valence-electron chi connectivity index (χ4n) is 1.51. The second kappa shape index (κ2) is 8.48. The van der Waals surface area contributed by atoms with Crippen LogP contribution in [0, 0.1) is 5.82 Å². The highest BCUT2D eigenvalue weighted by atomic mass is 19.1. The summed E-state index contributed by atoms with van der Waals surface area (Å²) in [5.41, 5.74) is 5.57. The van der Waals surface area contributed by atoms with Gasteiger partial charge in [0.15, 0.2) is 0 Å². The Bertz CT molecular complexity index is 397. The number of rotatable bonds is 8. The van der Waals surface area contributed by atoms with Crippen LogP contribution in [0.2, 0.25) is 0 Å². The van der Waals surface area contributed by atoms with Crippen LogP contribution in [-0.2, 0) is 4.79 Å². The molecule has 1 rings (SSSR count). The van der Waals surface area contributed by atoms with E-state index in [1.807, 2.05) is 6.92 Å². The summed E-state index contributed by atoms with van der Waals surface area (Å²) in [5.74, 6) is 0.145. The van der Waals surface area contributed by atoms with Crippen LogP contribution < -0.4 is 15.8 Å². The molecule has 5 heteroatoms. The lowest BCUT2D eigenvalue weighted by Gasteiger charge is -2.08. The number of benzene rings is 1. The fourth-order valence-corrected chi connectivity index (χ4v) is 1.51. The van der Waals surface area contributed by atoms with Gasteiger partial charge in [0.05, 0.1) is 6.61 Å². The van der Waals surface area contributed by atoms with E-state index >= 15 is 0 Å². The van der Waals surface area contributed by atoms with Crippen molar-refractivity contribution in [3.05, 3.63) is 30.1 Å². The Morgan fingerprint density at radius 2 is 2.32 bits per heavy atom. The smallest absolute Gasteiger partial charge is 0.220 e. The van der Waals surface area contributed by atoms with Crippen molar-refractivity contribution in [2.24, 2.45) is 5.73 Å². The Balaban J connectivity index is 2.08. The zero-order valence-electron chi connectivity index (χ0n) is 11.2. The Morgan fingerprint density at radius 3 is 3.00 bits per heavy atom. The van der Waals surface area contributed by atoms with Crippen molar-refractivity contribution in [2.75, 3.05) is 13.2 Å². The van der Waals surface area contributed by atoms with E-state index in [1.165, 1.54) is 12.1 Å². The van der Waals surface area contributed by atoms with E-state index < -0.39 is 0 Å². The van der Waals surface area contributed by atoms with Crippen molar-refractivity contribution in [3.63, 3.8) is 0 Å². The van der Waals surface area contributed by atoms with Gasteiger partial charge in [0.25, 0.3) is 0 Å². The van der Waals surface area contributed by atoms with Crippen LogP contribution in [0.4, 0.5) is 4.39 Å². The average Bonchev–Trinajstić information content (AvgIpc) is 2.34. The van der Waals surface area contributed by atoms with Crippen molar-refractivity contribution in [1.82, 2.24) is 5.32 Å². The Kier molecular flexibility index (Phi) is 6.89. The summed E-state index contributed by atoms with van der Waals surface area (Å²) < 4.78 is 18.2. The molecule has 0 radical (unpaired) electrons.